The molecule has 1 aliphatic rings. The van der Waals surface area contributed by atoms with Gasteiger partial charge in [-0.25, -0.2) is 4.98 Å². The largest absolute Gasteiger partial charge is 0.345 e. The summed E-state index contributed by atoms with van der Waals surface area (Å²) in [7, 11) is 0. The van der Waals surface area contributed by atoms with E-state index in [2.05, 4.69) is 32.6 Å². The molecular weight excluding hydrogens is 266 g/mol. The van der Waals surface area contributed by atoms with Crippen LogP contribution in [0.3, 0.4) is 0 Å². The smallest absolute Gasteiger partial charge is 0.186 e. The van der Waals surface area contributed by atoms with E-state index in [1.165, 1.54) is 41.4 Å². The van der Waals surface area contributed by atoms with Gasteiger partial charge in [0.05, 0.1) is 5.69 Å². The lowest BCUT2D eigenvalue weighted by Gasteiger charge is -2.30. The zero-order valence-corrected chi connectivity index (χ0v) is 14.2. The Balaban J connectivity index is 2.27. The van der Waals surface area contributed by atoms with Gasteiger partial charge in [0.2, 0.25) is 0 Å². The van der Waals surface area contributed by atoms with Crippen molar-refractivity contribution in [1.29, 1.82) is 0 Å². The molecule has 20 heavy (non-hydrogen) atoms. The van der Waals surface area contributed by atoms with Crippen LogP contribution in [0.25, 0.3) is 0 Å². The summed E-state index contributed by atoms with van der Waals surface area (Å²) in [6.45, 7) is 10.7. The van der Waals surface area contributed by atoms with Crippen molar-refractivity contribution in [3.05, 3.63) is 10.6 Å². The lowest BCUT2D eigenvalue weighted by molar-refractivity contribution is 0.534. The zero-order valence-electron chi connectivity index (χ0n) is 13.4. The molecule has 2 rings (SSSR count). The summed E-state index contributed by atoms with van der Waals surface area (Å²) in [4.78, 5) is 8.77. The molecular formula is C16H29N3S. The van der Waals surface area contributed by atoms with Gasteiger partial charge in [0.15, 0.2) is 5.13 Å². The van der Waals surface area contributed by atoms with Crippen molar-refractivity contribution >= 4 is 16.5 Å². The Bertz CT molecular complexity index is 419. The van der Waals surface area contributed by atoms with E-state index in [0.717, 1.165) is 6.54 Å². The summed E-state index contributed by atoms with van der Waals surface area (Å²) in [6.07, 6.45) is 5.37. The first kappa shape index (κ1) is 15.8. The molecule has 0 spiro atoms. The summed E-state index contributed by atoms with van der Waals surface area (Å²) in [5, 5.41) is 1.20. The maximum absolute atomic E-state index is 5.91. The van der Waals surface area contributed by atoms with Crippen LogP contribution in [0.1, 0.15) is 69.9 Å². The second-order valence-electron chi connectivity index (χ2n) is 6.65. The minimum atomic E-state index is 0.461. The van der Waals surface area contributed by atoms with Crippen molar-refractivity contribution in [2.75, 3.05) is 11.4 Å². The number of thiazole rings is 1. The van der Waals surface area contributed by atoms with Gasteiger partial charge < -0.3 is 10.6 Å². The molecule has 0 unspecified atom stereocenters. The quantitative estimate of drug-likeness (QED) is 0.858. The van der Waals surface area contributed by atoms with E-state index in [9.17, 15) is 0 Å². The van der Waals surface area contributed by atoms with Gasteiger partial charge in [-0.3, -0.25) is 0 Å². The van der Waals surface area contributed by atoms with Crippen LogP contribution in [0.15, 0.2) is 0 Å². The van der Waals surface area contributed by atoms with Crippen LogP contribution in [-0.4, -0.2) is 17.6 Å². The summed E-state index contributed by atoms with van der Waals surface area (Å²) in [5.74, 6) is 1.13. The first-order valence-electron chi connectivity index (χ1n) is 7.99. The second kappa shape index (κ2) is 6.90. The molecule has 0 aromatic carbocycles. The van der Waals surface area contributed by atoms with E-state index in [1.54, 1.807) is 0 Å². The first-order chi connectivity index (χ1) is 9.52. The van der Waals surface area contributed by atoms with Crippen molar-refractivity contribution in [3.8, 4) is 0 Å². The SMILES string of the molecule is CC(C)CN(c1nc(C(C)C)c(CN)s1)C1CCCC1. The molecule has 2 N–H and O–H groups in total. The van der Waals surface area contributed by atoms with E-state index < -0.39 is 0 Å². The molecule has 1 aromatic rings. The Morgan fingerprint density at radius 2 is 1.90 bits per heavy atom. The average molecular weight is 295 g/mol. The Morgan fingerprint density at radius 3 is 2.35 bits per heavy atom. The van der Waals surface area contributed by atoms with Crippen molar-refractivity contribution in [1.82, 2.24) is 4.98 Å². The van der Waals surface area contributed by atoms with E-state index in [0.29, 0.717) is 24.4 Å². The molecule has 0 bridgehead atoms. The predicted molar refractivity (Wildman–Crippen MR) is 88.5 cm³/mol. The molecule has 4 heteroatoms. The third kappa shape index (κ3) is 3.53. The van der Waals surface area contributed by atoms with Gasteiger partial charge >= 0.3 is 0 Å². The normalized spacial score (nSPS) is 16.6. The highest BCUT2D eigenvalue weighted by atomic mass is 32.1. The highest BCUT2D eigenvalue weighted by Crippen LogP contribution is 2.35. The van der Waals surface area contributed by atoms with Crippen molar-refractivity contribution in [2.24, 2.45) is 11.7 Å². The highest BCUT2D eigenvalue weighted by Gasteiger charge is 2.27. The van der Waals surface area contributed by atoms with Gasteiger partial charge in [0.1, 0.15) is 0 Å². The Labute approximate surface area is 127 Å². The van der Waals surface area contributed by atoms with Gasteiger partial charge in [-0.15, -0.1) is 11.3 Å². The fourth-order valence-electron chi connectivity index (χ4n) is 3.06. The first-order valence-corrected chi connectivity index (χ1v) is 8.80. The molecule has 1 saturated carbocycles. The van der Waals surface area contributed by atoms with Gasteiger partial charge in [0, 0.05) is 24.0 Å². The molecule has 1 heterocycles. The monoisotopic (exact) mass is 295 g/mol. The van der Waals surface area contributed by atoms with Crippen LogP contribution in [0, 0.1) is 5.92 Å². The van der Waals surface area contributed by atoms with Crippen LogP contribution in [0.4, 0.5) is 5.13 Å². The minimum Gasteiger partial charge on any atom is -0.345 e. The molecule has 1 aliphatic carbocycles. The van der Waals surface area contributed by atoms with Crippen LogP contribution >= 0.6 is 11.3 Å². The van der Waals surface area contributed by atoms with E-state index in [4.69, 9.17) is 10.7 Å². The van der Waals surface area contributed by atoms with Gasteiger partial charge in [0.25, 0.3) is 0 Å². The van der Waals surface area contributed by atoms with E-state index >= 15 is 0 Å². The number of anilines is 1. The maximum atomic E-state index is 5.91. The number of hydrogen-bond acceptors (Lipinski definition) is 4. The summed E-state index contributed by atoms with van der Waals surface area (Å²) in [5.41, 5.74) is 7.12. The third-order valence-electron chi connectivity index (χ3n) is 4.02. The molecule has 3 nitrogen and oxygen atoms in total. The summed E-state index contributed by atoms with van der Waals surface area (Å²) < 4.78 is 0. The lowest BCUT2D eigenvalue weighted by Crippen LogP contribution is -2.36. The van der Waals surface area contributed by atoms with E-state index in [-0.39, 0.29) is 0 Å². The van der Waals surface area contributed by atoms with Crippen LogP contribution in [-0.2, 0) is 6.54 Å². The molecule has 0 radical (unpaired) electrons. The Kier molecular flexibility index (Phi) is 5.44. The molecule has 0 saturated heterocycles. The maximum Gasteiger partial charge on any atom is 0.186 e. The van der Waals surface area contributed by atoms with Crippen molar-refractivity contribution in [3.63, 3.8) is 0 Å². The topological polar surface area (TPSA) is 42.2 Å². The molecule has 0 amide bonds. The predicted octanol–water partition coefficient (Wildman–Crippen LogP) is 4.13. The van der Waals surface area contributed by atoms with E-state index in [1.807, 2.05) is 11.3 Å². The van der Waals surface area contributed by atoms with Crippen LogP contribution in [0.5, 0.6) is 0 Å². The number of aromatic nitrogens is 1. The number of hydrogen-bond donors (Lipinski definition) is 1. The standard InChI is InChI=1S/C16H29N3S/c1-11(2)10-19(13-7-5-6-8-13)16-18-15(12(3)4)14(9-17)20-16/h11-13H,5-10,17H2,1-4H3. The number of nitrogens with two attached hydrogens (primary N) is 1. The lowest BCUT2D eigenvalue weighted by atomic mass is 10.1. The summed E-state index contributed by atoms with van der Waals surface area (Å²) >= 11 is 1.81. The second-order valence-corrected chi connectivity index (χ2v) is 7.71. The van der Waals surface area contributed by atoms with Crippen molar-refractivity contribution < 1.29 is 0 Å². The van der Waals surface area contributed by atoms with Gasteiger partial charge in [-0.2, -0.15) is 0 Å². The molecule has 114 valence electrons. The Hall–Kier alpha value is -0.610. The number of rotatable bonds is 6. The highest BCUT2D eigenvalue weighted by molar-refractivity contribution is 7.15. The fourth-order valence-corrected chi connectivity index (χ4v) is 4.24. The average Bonchev–Trinajstić information content (AvgIpc) is 3.04. The fraction of sp³-hybridized carbons (Fsp3) is 0.812. The zero-order chi connectivity index (χ0) is 14.7. The molecule has 0 atom stereocenters. The van der Waals surface area contributed by atoms with Gasteiger partial charge in [-0.05, 0) is 24.7 Å². The minimum absolute atomic E-state index is 0.461. The molecule has 1 aromatic heterocycles. The van der Waals surface area contributed by atoms with Gasteiger partial charge in [-0.1, -0.05) is 40.5 Å². The number of nitrogens with zero attached hydrogens (tertiary/aromatic N) is 2. The molecule has 0 aliphatic heterocycles. The third-order valence-corrected chi connectivity index (χ3v) is 5.15. The van der Waals surface area contributed by atoms with Crippen LogP contribution < -0.4 is 10.6 Å². The summed E-state index contributed by atoms with van der Waals surface area (Å²) in [6, 6.07) is 0.689. The van der Waals surface area contributed by atoms with Crippen LogP contribution in [0.2, 0.25) is 0 Å². The van der Waals surface area contributed by atoms with Crippen molar-refractivity contribution in [2.45, 2.75) is 71.9 Å². The Morgan fingerprint density at radius 1 is 1.25 bits per heavy atom. The molecule has 1 fully saturated rings.